The monoisotopic (exact) mass is 401 g/mol. The number of benzene rings is 1. The second-order valence-electron chi connectivity index (χ2n) is 5.94. The molecule has 3 rings (SSSR count). The van der Waals surface area contributed by atoms with Crippen LogP contribution in [0.2, 0.25) is 0 Å². The van der Waals surface area contributed by atoms with Gasteiger partial charge in [0.2, 0.25) is 11.8 Å². The van der Waals surface area contributed by atoms with Gasteiger partial charge in [0.1, 0.15) is 5.82 Å². The zero-order valence-electron chi connectivity index (χ0n) is 14.7. The summed E-state index contributed by atoms with van der Waals surface area (Å²) in [6.45, 7) is 0. The number of fused-ring (bicyclic) bond motifs is 1. The Balaban J connectivity index is 2.06. The highest BCUT2D eigenvalue weighted by Gasteiger charge is 2.11. The summed E-state index contributed by atoms with van der Waals surface area (Å²) in [5.74, 6) is 2.08. The van der Waals surface area contributed by atoms with Gasteiger partial charge >= 0.3 is 0 Å². The first-order chi connectivity index (χ1) is 12.0. The minimum absolute atomic E-state index is 0.594. The van der Waals surface area contributed by atoms with Gasteiger partial charge in [-0.25, -0.2) is 4.98 Å². The van der Waals surface area contributed by atoms with Gasteiger partial charge in [0.05, 0.1) is 19.7 Å². The first kappa shape index (κ1) is 17.5. The van der Waals surface area contributed by atoms with Crippen molar-refractivity contribution in [3.63, 3.8) is 0 Å². The maximum Gasteiger partial charge on any atom is 0.217 e. The molecule has 6 heteroatoms. The summed E-state index contributed by atoms with van der Waals surface area (Å²) >= 11 is 3.51. The van der Waals surface area contributed by atoms with Gasteiger partial charge in [0.15, 0.2) is 0 Å². The van der Waals surface area contributed by atoms with Crippen molar-refractivity contribution in [3.8, 4) is 11.8 Å². The van der Waals surface area contributed by atoms with Crippen LogP contribution in [-0.2, 0) is 6.42 Å². The molecule has 0 atom stereocenters. The highest BCUT2D eigenvalue weighted by atomic mass is 79.9. The third-order valence-corrected chi connectivity index (χ3v) is 4.41. The van der Waals surface area contributed by atoms with E-state index in [2.05, 4.69) is 38.0 Å². The number of aromatic nitrogens is 2. The topological polar surface area (TPSA) is 47.5 Å². The van der Waals surface area contributed by atoms with Crippen LogP contribution in [-0.4, -0.2) is 38.3 Å². The summed E-state index contributed by atoms with van der Waals surface area (Å²) in [6.07, 6.45) is 0.679. The summed E-state index contributed by atoms with van der Waals surface area (Å²) in [5, 5.41) is 1.07. The quantitative estimate of drug-likeness (QED) is 0.644. The second kappa shape index (κ2) is 7.27. The largest absolute Gasteiger partial charge is 0.481 e. The standard InChI is InChI=1S/C19H20BrN3O2/c1-23(2)17-8-12(9-18(22-17)24-3)7-14-10-13-11-15(20)5-6-16(13)21-19(14)25-4/h5-6,8-11H,7H2,1-4H3. The Hall–Kier alpha value is -2.34. The fourth-order valence-corrected chi connectivity index (χ4v) is 3.05. The third-order valence-electron chi connectivity index (χ3n) is 3.92. The van der Waals surface area contributed by atoms with Gasteiger partial charge in [-0.3, -0.25) is 0 Å². The molecule has 0 bridgehead atoms. The molecule has 0 amide bonds. The second-order valence-corrected chi connectivity index (χ2v) is 6.86. The van der Waals surface area contributed by atoms with Crippen LogP contribution in [0.5, 0.6) is 11.8 Å². The minimum atomic E-state index is 0.594. The summed E-state index contributed by atoms with van der Waals surface area (Å²) in [4.78, 5) is 11.0. The molecule has 0 radical (unpaired) electrons. The van der Waals surface area contributed by atoms with E-state index in [1.807, 2.05) is 43.3 Å². The van der Waals surface area contributed by atoms with Gasteiger partial charge in [-0.2, -0.15) is 4.98 Å². The molecule has 130 valence electrons. The molecule has 0 aliphatic heterocycles. The Kier molecular flexibility index (Phi) is 5.08. The normalized spacial score (nSPS) is 10.8. The van der Waals surface area contributed by atoms with Gasteiger partial charge in [-0.15, -0.1) is 0 Å². The molecule has 3 aromatic rings. The lowest BCUT2D eigenvalue weighted by Crippen LogP contribution is -2.11. The molecule has 0 saturated carbocycles. The van der Waals surface area contributed by atoms with Gasteiger partial charge in [0, 0.05) is 42.0 Å². The van der Waals surface area contributed by atoms with Crippen molar-refractivity contribution in [2.24, 2.45) is 0 Å². The van der Waals surface area contributed by atoms with E-state index >= 15 is 0 Å². The molecule has 0 unspecified atom stereocenters. The van der Waals surface area contributed by atoms with Crippen molar-refractivity contribution in [2.75, 3.05) is 33.2 Å². The third kappa shape index (κ3) is 3.85. The maximum absolute atomic E-state index is 5.51. The molecule has 0 saturated heterocycles. The maximum atomic E-state index is 5.51. The summed E-state index contributed by atoms with van der Waals surface area (Å²) < 4.78 is 11.9. The lowest BCUT2D eigenvalue weighted by molar-refractivity contribution is 0.394. The molecule has 2 aromatic heterocycles. The summed E-state index contributed by atoms with van der Waals surface area (Å²) in [5.41, 5.74) is 3.01. The lowest BCUT2D eigenvalue weighted by atomic mass is 10.0. The van der Waals surface area contributed by atoms with Crippen LogP contribution in [0.3, 0.4) is 0 Å². The van der Waals surface area contributed by atoms with Crippen LogP contribution in [0, 0.1) is 0 Å². The molecule has 0 aliphatic rings. The van der Waals surface area contributed by atoms with Crippen molar-refractivity contribution in [2.45, 2.75) is 6.42 Å². The predicted molar refractivity (Wildman–Crippen MR) is 104 cm³/mol. The first-order valence-corrected chi connectivity index (χ1v) is 8.65. The Bertz CT molecular complexity index is 913. The van der Waals surface area contributed by atoms with E-state index in [0.29, 0.717) is 18.2 Å². The van der Waals surface area contributed by atoms with Gasteiger partial charge in [-0.05, 0) is 35.9 Å². The number of rotatable bonds is 5. The fraction of sp³-hybridized carbons (Fsp3) is 0.263. The van der Waals surface area contributed by atoms with Crippen LogP contribution >= 0.6 is 15.9 Å². The predicted octanol–water partition coefficient (Wildman–Crippen LogP) is 4.07. The minimum Gasteiger partial charge on any atom is -0.481 e. The highest BCUT2D eigenvalue weighted by Crippen LogP contribution is 2.28. The highest BCUT2D eigenvalue weighted by molar-refractivity contribution is 9.10. The zero-order chi connectivity index (χ0) is 18.0. The first-order valence-electron chi connectivity index (χ1n) is 7.85. The molecular formula is C19H20BrN3O2. The van der Waals surface area contributed by atoms with E-state index in [-0.39, 0.29) is 0 Å². The van der Waals surface area contributed by atoms with Crippen LogP contribution in [0.15, 0.2) is 40.9 Å². The fourth-order valence-electron chi connectivity index (χ4n) is 2.68. The van der Waals surface area contributed by atoms with Crippen molar-refractivity contribution >= 4 is 32.7 Å². The van der Waals surface area contributed by atoms with Crippen molar-refractivity contribution < 1.29 is 9.47 Å². The zero-order valence-corrected chi connectivity index (χ0v) is 16.3. The summed E-state index contributed by atoms with van der Waals surface area (Å²) in [6, 6.07) is 12.1. The van der Waals surface area contributed by atoms with Gasteiger partial charge in [0.25, 0.3) is 0 Å². The van der Waals surface area contributed by atoms with Gasteiger partial charge < -0.3 is 14.4 Å². The number of halogens is 1. The van der Waals surface area contributed by atoms with Crippen LogP contribution in [0.1, 0.15) is 11.1 Å². The lowest BCUT2D eigenvalue weighted by Gasteiger charge is -2.15. The van der Waals surface area contributed by atoms with Gasteiger partial charge in [-0.1, -0.05) is 15.9 Å². The van der Waals surface area contributed by atoms with E-state index in [1.165, 1.54) is 0 Å². The number of nitrogens with zero attached hydrogens (tertiary/aromatic N) is 3. The molecule has 25 heavy (non-hydrogen) atoms. The summed E-state index contributed by atoms with van der Waals surface area (Å²) in [7, 11) is 7.19. The smallest absolute Gasteiger partial charge is 0.217 e. The number of methoxy groups -OCH3 is 2. The number of hydrogen-bond donors (Lipinski definition) is 0. The SMILES string of the molecule is COc1cc(Cc2cc3cc(Br)ccc3nc2OC)cc(N(C)C)n1. The van der Waals surface area contributed by atoms with Crippen LogP contribution < -0.4 is 14.4 Å². The Morgan fingerprint density at radius 2 is 1.80 bits per heavy atom. The average Bonchev–Trinajstić information content (AvgIpc) is 2.60. The van der Waals surface area contributed by atoms with E-state index in [0.717, 1.165) is 32.3 Å². The Morgan fingerprint density at radius 3 is 2.48 bits per heavy atom. The number of anilines is 1. The molecule has 5 nitrogen and oxygen atoms in total. The molecule has 0 spiro atoms. The number of ether oxygens (including phenoxy) is 2. The molecule has 1 aromatic carbocycles. The van der Waals surface area contributed by atoms with Crippen molar-refractivity contribution in [1.82, 2.24) is 9.97 Å². The molecule has 0 N–H and O–H groups in total. The molecule has 2 heterocycles. The van der Waals surface area contributed by atoms with Crippen LogP contribution in [0.4, 0.5) is 5.82 Å². The average molecular weight is 402 g/mol. The Labute approximate surface area is 155 Å². The molecule has 0 aliphatic carbocycles. The van der Waals surface area contributed by atoms with E-state index in [1.54, 1.807) is 14.2 Å². The molecule has 0 fully saturated rings. The Morgan fingerprint density at radius 1 is 1.00 bits per heavy atom. The van der Waals surface area contributed by atoms with E-state index in [4.69, 9.17) is 9.47 Å². The van der Waals surface area contributed by atoms with Crippen LogP contribution in [0.25, 0.3) is 10.9 Å². The number of hydrogen-bond acceptors (Lipinski definition) is 5. The van der Waals surface area contributed by atoms with Crippen molar-refractivity contribution in [1.29, 1.82) is 0 Å². The van der Waals surface area contributed by atoms with E-state index < -0.39 is 0 Å². The van der Waals surface area contributed by atoms with Crippen molar-refractivity contribution in [3.05, 3.63) is 52.0 Å². The van der Waals surface area contributed by atoms with E-state index in [9.17, 15) is 0 Å². The molecular weight excluding hydrogens is 382 g/mol. The number of pyridine rings is 2.